The topological polar surface area (TPSA) is 70.7 Å². The molecule has 2 atom stereocenters. The Balaban J connectivity index is 1.54. The molecule has 0 aliphatic heterocycles. The van der Waals surface area contributed by atoms with Gasteiger partial charge in [-0.25, -0.2) is 14.4 Å². The first-order valence-electron chi connectivity index (χ1n) is 8.39. The van der Waals surface area contributed by atoms with Gasteiger partial charge in [0.15, 0.2) is 5.13 Å². The van der Waals surface area contributed by atoms with Crippen LogP contribution >= 0.6 is 11.3 Å². The van der Waals surface area contributed by atoms with Gasteiger partial charge in [-0.05, 0) is 42.7 Å². The van der Waals surface area contributed by atoms with E-state index in [0.29, 0.717) is 11.6 Å². The smallest absolute Gasteiger partial charge is 0.232 e. The predicted molar refractivity (Wildman–Crippen MR) is 101 cm³/mol. The fourth-order valence-corrected chi connectivity index (χ4v) is 4.15. The third-order valence-electron chi connectivity index (χ3n) is 4.76. The number of aryl methyl sites for hydroxylation is 1. The monoisotopic (exact) mass is 366 g/mol. The maximum absolute atomic E-state index is 13.0. The van der Waals surface area contributed by atoms with Crippen LogP contribution in [0.1, 0.15) is 12.0 Å². The fraction of sp³-hybridized carbons (Fsp3) is 0.211. The molecule has 4 aromatic rings. The highest BCUT2D eigenvalue weighted by Gasteiger charge is 2.43. The lowest BCUT2D eigenvalue weighted by Crippen LogP contribution is -2.14. The van der Waals surface area contributed by atoms with Gasteiger partial charge in [-0.15, -0.1) is 0 Å². The van der Waals surface area contributed by atoms with E-state index in [4.69, 9.17) is 0 Å². The van der Waals surface area contributed by atoms with E-state index < -0.39 is 12.1 Å². The van der Waals surface area contributed by atoms with Crippen LogP contribution in [-0.4, -0.2) is 27.0 Å². The molecule has 0 spiro atoms. The highest BCUT2D eigenvalue weighted by atomic mass is 32.1. The Bertz CT molecular complexity index is 1160. The van der Waals surface area contributed by atoms with Crippen molar-refractivity contribution in [3.05, 3.63) is 42.2 Å². The Morgan fingerprint density at radius 3 is 3.00 bits per heavy atom. The van der Waals surface area contributed by atoms with E-state index in [0.717, 1.165) is 37.9 Å². The summed E-state index contributed by atoms with van der Waals surface area (Å²) >= 11 is 1.40. The first-order valence-corrected chi connectivity index (χ1v) is 9.20. The molecule has 0 radical (unpaired) electrons. The lowest BCUT2D eigenvalue weighted by atomic mass is 9.99. The number of thiazole rings is 1. The van der Waals surface area contributed by atoms with Crippen LogP contribution in [0, 0.1) is 12.8 Å². The highest BCUT2D eigenvalue weighted by molar-refractivity contribution is 7.22. The zero-order chi connectivity index (χ0) is 17.8. The molecule has 7 heteroatoms. The van der Waals surface area contributed by atoms with Crippen molar-refractivity contribution < 1.29 is 9.18 Å². The number of nitrogens with zero attached hydrogens (tertiary/aromatic N) is 2. The zero-order valence-electron chi connectivity index (χ0n) is 13.9. The molecule has 2 heterocycles. The van der Waals surface area contributed by atoms with Crippen LogP contribution in [0.2, 0.25) is 0 Å². The number of aromatic nitrogens is 3. The van der Waals surface area contributed by atoms with Gasteiger partial charge in [-0.1, -0.05) is 23.5 Å². The maximum Gasteiger partial charge on any atom is 0.232 e. The van der Waals surface area contributed by atoms with Gasteiger partial charge in [0, 0.05) is 5.56 Å². The molecule has 2 unspecified atom stereocenters. The number of benzene rings is 2. The molecular formula is C19H15FN4OS. The number of rotatable bonds is 3. The largest absolute Gasteiger partial charge is 0.345 e. The van der Waals surface area contributed by atoms with Crippen molar-refractivity contribution in [2.24, 2.45) is 5.92 Å². The molecule has 1 fully saturated rings. The van der Waals surface area contributed by atoms with E-state index in [1.807, 2.05) is 18.2 Å². The fourth-order valence-electron chi connectivity index (χ4n) is 3.24. The van der Waals surface area contributed by atoms with Crippen molar-refractivity contribution in [2.45, 2.75) is 19.5 Å². The van der Waals surface area contributed by atoms with Gasteiger partial charge in [0.25, 0.3) is 0 Å². The number of H-pyrrole nitrogens is 1. The first-order chi connectivity index (χ1) is 12.6. The molecule has 1 amide bonds. The molecule has 0 saturated heterocycles. The highest BCUT2D eigenvalue weighted by Crippen LogP contribution is 2.37. The lowest BCUT2D eigenvalue weighted by molar-refractivity contribution is -0.117. The number of amides is 1. The molecule has 1 aliphatic carbocycles. The van der Waals surface area contributed by atoms with E-state index in [2.05, 4.69) is 39.3 Å². The van der Waals surface area contributed by atoms with Gasteiger partial charge in [0.1, 0.15) is 6.17 Å². The van der Waals surface area contributed by atoms with Crippen LogP contribution in [0.5, 0.6) is 0 Å². The lowest BCUT2D eigenvalue weighted by Gasteiger charge is -2.07. The van der Waals surface area contributed by atoms with Crippen LogP contribution in [0.15, 0.2) is 36.7 Å². The second-order valence-corrected chi connectivity index (χ2v) is 7.64. The summed E-state index contributed by atoms with van der Waals surface area (Å²) in [7, 11) is 0. The van der Waals surface area contributed by atoms with Gasteiger partial charge in [0.05, 0.1) is 33.5 Å². The summed E-state index contributed by atoms with van der Waals surface area (Å²) in [6, 6.07) is 10.1. The second kappa shape index (κ2) is 5.60. The van der Waals surface area contributed by atoms with Gasteiger partial charge < -0.3 is 10.3 Å². The summed E-state index contributed by atoms with van der Waals surface area (Å²) in [5, 5.41) is 3.24. The summed E-state index contributed by atoms with van der Waals surface area (Å²) in [6.45, 7) is 2.06. The van der Waals surface area contributed by atoms with Crippen LogP contribution in [0.4, 0.5) is 9.52 Å². The van der Waals surface area contributed by atoms with Crippen molar-refractivity contribution in [3.63, 3.8) is 0 Å². The number of anilines is 1. The third kappa shape index (κ3) is 2.47. The molecular weight excluding hydrogens is 351 g/mol. The molecule has 2 aromatic carbocycles. The minimum Gasteiger partial charge on any atom is -0.345 e. The quantitative estimate of drug-likeness (QED) is 0.563. The molecule has 1 saturated carbocycles. The SMILES string of the molecule is Cc1ccc2[nH]cnc2c1-c1ccc2nc(NC(=O)C3CC3F)sc2c1. The summed E-state index contributed by atoms with van der Waals surface area (Å²) in [5.74, 6) is -0.800. The minimum absolute atomic E-state index is 0.283. The molecule has 0 bridgehead atoms. The van der Waals surface area contributed by atoms with Crippen molar-refractivity contribution in [2.75, 3.05) is 5.32 Å². The molecule has 130 valence electrons. The number of aromatic amines is 1. The molecule has 5 rings (SSSR count). The predicted octanol–water partition coefficient (Wildman–Crippen LogP) is 4.44. The molecule has 2 N–H and O–H groups in total. The second-order valence-electron chi connectivity index (χ2n) is 6.61. The average Bonchev–Trinajstić information content (AvgIpc) is 3.02. The third-order valence-corrected chi connectivity index (χ3v) is 5.69. The number of fused-ring (bicyclic) bond motifs is 2. The standard InChI is InChI=1S/C19H15FN4OS/c1-9-2-4-14-17(22-8-21-14)16(9)10-3-5-13-15(6-10)26-19(23-13)24-18(25)11-7-12(11)20/h2-6,8,11-12H,7H2,1H3,(H,21,22)(H,23,24,25). The maximum atomic E-state index is 13.0. The Labute approximate surface area is 152 Å². The molecule has 1 aliphatic rings. The number of imidazole rings is 1. The number of carbonyl (C=O) groups excluding carboxylic acids is 1. The average molecular weight is 366 g/mol. The summed E-state index contributed by atoms with van der Waals surface area (Å²) < 4.78 is 14.0. The van der Waals surface area contributed by atoms with Crippen LogP contribution in [0.3, 0.4) is 0 Å². The van der Waals surface area contributed by atoms with Gasteiger partial charge in [-0.3, -0.25) is 4.79 Å². The number of hydrogen-bond donors (Lipinski definition) is 2. The Kier molecular flexibility index (Phi) is 3.33. The number of alkyl halides is 1. The van der Waals surface area contributed by atoms with Crippen molar-refractivity contribution >= 4 is 43.6 Å². The zero-order valence-corrected chi connectivity index (χ0v) is 14.7. The number of halogens is 1. The summed E-state index contributed by atoms with van der Waals surface area (Å²) in [6.07, 6.45) is 1.00. The van der Waals surface area contributed by atoms with Crippen LogP contribution < -0.4 is 5.32 Å². The van der Waals surface area contributed by atoms with Crippen LogP contribution in [-0.2, 0) is 4.79 Å². The Morgan fingerprint density at radius 2 is 2.19 bits per heavy atom. The van der Waals surface area contributed by atoms with E-state index >= 15 is 0 Å². The number of hydrogen-bond acceptors (Lipinski definition) is 4. The summed E-state index contributed by atoms with van der Waals surface area (Å²) in [5.41, 5.74) is 6.03. The van der Waals surface area contributed by atoms with E-state index in [1.165, 1.54) is 11.3 Å². The molecule has 26 heavy (non-hydrogen) atoms. The van der Waals surface area contributed by atoms with E-state index in [-0.39, 0.29) is 5.91 Å². The van der Waals surface area contributed by atoms with Gasteiger partial charge >= 0.3 is 0 Å². The molecule has 2 aromatic heterocycles. The van der Waals surface area contributed by atoms with E-state index in [9.17, 15) is 9.18 Å². The number of nitrogens with one attached hydrogen (secondary N) is 2. The minimum atomic E-state index is -1.01. The normalized spacial score (nSPS) is 19.2. The van der Waals surface area contributed by atoms with Crippen molar-refractivity contribution in [3.8, 4) is 11.1 Å². The first kappa shape index (κ1) is 15.5. The Hall–Kier alpha value is -2.80. The van der Waals surface area contributed by atoms with E-state index in [1.54, 1.807) is 6.33 Å². The van der Waals surface area contributed by atoms with Crippen LogP contribution in [0.25, 0.3) is 32.4 Å². The van der Waals surface area contributed by atoms with Gasteiger partial charge in [-0.2, -0.15) is 0 Å². The Morgan fingerprint density at radius 1 is 1.35 bits per heavy atom. The molecule has 5 nitrogen and oxygen atoms in total. The number of carbonyl (C=O) groups is 1. The van der Waals surface area contributed by atoms with Gasteiger partial charge in [0.2, 0.25) is 5.91 Å². The van der Waals surface area contributed by atoms with Crippen molar-refractivity contribution in [1.29, 1.82) is 0 Å². The summed E-state index contributed by atoms with van der Waals surface area (Å²) in [4.78, 5) is 23.9. The van der Waals surface area contributed by atoms with Crippen molar-refractivity contribution in [1.82, 2.24) is 15.0 Å².